The predicted molar refractivity (Wildman–Crippen MR) is 59.1 cm³/mol. The van der Waals surface area contributed by atoms with E-state index in [2.05, 4.69) is 6.92 Å². The van der Waals surface area contributed by atoms with Crippen LogP contribution in [-0.2, 0) is 0 Å². The van der Waals surface area contributed by atoms with E-state index in [0.29, 0.717) is 5.75 Å². The van der Waals surface area contributed by atoms with E-state index in [1.54, 1.807) is 24.3 Å². The van der Waals surface area contributed by atoms with Crippen LogP contribution in [0.5, 0.6) is 17.2 Å². The zero-order valence-electron chi connectivity index (χ0n) is 8.18. The third kappa shape index (κ3) is 2.50. The summed E-state index contributed by atoms with van der Waals surface area (Å²) >= 11 is 0. The van der Waals surface area contributed by atoms with Crippen LogP contribution in [0, 0.1) is 6.92 Å². The van der Waals surface area contributed by atoms with Crippen molar-refractivity contribution in [3.63, 3.8) is 0 Å². The summed E-state index contributed by atoms with van der Waals surface area (Å²) in [7, 11) is 0. The second kappa shape index (κ2) is 4.05. The summed E-state index contributed by atoms with van der Waals surface area (Å²) in [6.07, 6.45) is 0. The number of hydrogen-bond acceptors (Lipinski definition) is 2. The van der Waals surface area contributed by atoms with Crippen molar-refractivity contribution in [1.29, 1.82) is 0 Å². The van der Waals surface area contributed by atoms with Crippen LogP contribution in [0.2, 0.25) is 0 Å². The molecule has 0 aromatic heterocycles. The van der Waals surface area contributed by atoms with E-state index >= 15 is 0 Å². The fourth-order valence-corrected chi connectivity index (χ4v) is 1.26. The second-order valence-electron chi connectivity index (χ2n) is 3.24. The molecule has 0 saturated carbocycles. The Morgan fingerprint density at radius 3 is 2.33 bits per heavy atom. The maximum atomic E-state index is 9.10. The summed E-state index contributed by atoms with van der Waals surface area (Å²) < 4.78 is 5.56. The Kier molecular flexibility index (Phi) is 2.59. The molecule has 0 fully saturated rings. The monoisotopic (exact) mass is 199 g/mol. The van der Waals surface area contributed by atoms with Crippen molar-refractivity contribution in [3.8, 4) is 17.2 Å². The molecule has 0 aliphatic carbocycles. The lowest BCUT2D eigenvalue weighted by Crippen LogP contribution is -1.83. The lowest BCUT2D eigenvalue weighted by atomic mass is 10.2. The van der Waals surface area contributed by atoms with Crippen molar-refractivity contribution in [2.24, 2.45) is 0 Å². The highest BCUT2D eigenvalue weighted by Gasteiger charge is 1.97. The largest absolute Gasteiger partial charge is 0.508 e. The average molecular weight is 199 g/mol. The topological polar surface area (TPSA) is 29.5 Å². The minimum atomic E-state index is 0.230. The molecular weight excluding hydrogens is 188 g/mol. The molecule has 0 heterocycles. The highest BCUT2D eigenvalue weighted by Crippen LogP contribution is 2.23. The van der Waals surface area contributed by atoms with Gasteiger partial charge in [-0.05, 0) is 48.9 Å². The summed E-state index contributed by atoms with van der Waals surface area (Å²) in [4.78, 5) is 0. The van der Waals surface area contributed by atoms with Crippen molar-refractivity contribution in [1.82, 2.24) is 0 Å². The molecule has 0 unspecified atom stereocenters. The van der Waals surface area contributed by atoms with Crippen LogP contribution in [0.1, 0.15) is 5.56 Å². The molecule has 15 heavy (non-hydrogen) atoms. The molecule has 0 aliphatic rings. The van der Waals surface area contributed by atoms with Gasteiger partial charge in [-0.1, -0.05) is 12.1 Å². The van der Waals surface area contributed by atoms with Gasteiger partial charge in [0, 0.05) is 0 Å². The lowest BCUT2D eigenvalue weighted by Gasteiger charge is -2.05. The quantitative estimate of drug-likeness (QED) is 0.803. The van der Waals surface area contributed by atoms with Gasteiger partial charge >= 0.3 is 0 Å². The van der Waals surface area contributed by atoms with E-state index in [1.165, 1.54) is 0 Å². The normalized spacial score (nSPS) is 9.93. The van der Waals surface area contributed by atoms with Gasteiger partial charge in [-0.15, -0.1) is 0 Å². The van der Waals surface area contributed by atoms with E-state index < -0.39 is 0 Å². The summed E-state index contributed by atoms with van der Waals surface area (Å²) in [5.41, 5.74) is 0.909. The standard InChI is InChI=1S/C13H11O2/c1-10-3-2-4-13(9-10)15-12-7-5-11(14)6-8-12/h2-9,14H,1H2. The van der Waals surface area contributed by atoms with E-state index in [0.717, 1.165) is 11.3 Å². The number of ether oxygens (including phenoxy) is 1. The first-order chi connectivity index (χ1) is 7.24. The number of aromatic hydroxyl groups is 1. The Hall–Kier alpha value is -1.96. The van der Waals surface area contributed by atoms with Gasteiger partial charge in [0.05, 0.1) is 0 Å². The molecule has 0 atom stereocenters. The van der Waals surface area contributed by atoms with E-state index in [9.17, 15) is 0 Å². The summed E-state index contributed by atoms with van der Waals surface area (Å²) in [5.74, 6) is 1.67. The predicted octanol–water partition coefficient (Wildman–Crippen LogP) is 3.37. The SMILES string of the molecule is [CH2]c1cccc(Oc2ccc(O)cc2)c1. The molecule has 2 rings (SSSR count). The van der Waals surface area contributed by atoms with Gasteiger partial charge in [0.15, 0.2) is 0 Å². The smallest absolute Gasteiger partial charge is 0.127 e. The minimum absolute atomic E-state index is 0.230. The zero-order valence-corrected chi connectivity index (χ0v) is 8.18. The third-order valence-corrected chi connectivity index (χ3v) is 1.97. The fourth-order valence-electron chi connectivity index (χ4n) is 1.26. The molecule has 75 valence electrons. The third-order valence-electron chi connectivity index (χ3n) is 1.97. The Morgan fingerprint density at radius 2 is 1.67 bits per heavy atom. The van der Waals surface area contributed by atoms with Crippen LogP contribution < -0.4 is 4.74 Å². The van der Waals surface area contributed by atoms with Gasteiger partial charge in [0.1, 0.15) is 17.2 Å². The number of phenols is 1. The maximum Gasteiger partial charge on any atom is 0.127 e. The van der Waals surface area contributed by atoms with Crippen LogP contribution in [-0.4, -0.2) is 5.11 Å². The molecule has 1 radical (unpaired) electrons. The first-order valence-electron chi connectivity index (χ1n) is 4.63. The van der Waals surface area contributed by atoms with Gasteiger partial charge in [-0.25, -0.2) is 0 Å². The van der Waals surface area contributed by atoms with Gasteiger partial charge in [0.2, 0.25) is 0 Å². The number of phenolic OH excluding ortho intramolecular Hbond substituents is 1. The van der Waals surface area contributed by atoms with E-state index in [1.807, 2.05) is 24.3 Å². The Bertz CT molecular complexity index is 446. The van der Waals surface area contributed by atoms with Crippen LogP contribution in [0.3, 0.4) is 0 Å². The van der Waals surface area contributed by atoms with Crippen molar-refractivity contribution >= 4 is 0 Å². The van der Waals surface area contributed by atoms with Gasteiger partial charge in [0.25, 0.3) is 0 Å². The van der Waals surface area contributed by atoms with Gasteiger partial charge in [-0.3, -0.25) is 0 Å². The minimum Gasteiger partial charge on any atom is -0.508 e. The van der Waals surface area contributed by atoms with Crippen LogP contribution in [0.25, 0.3) is 0 Å². The molecule has 2 aromatic rings. The van der Waals surface area contributed by atoms with Crippen molar-refractivity contribution in [3.05, 3.63) is 61.0 Å². The Labute approximate surface area is 88.8 Å². The molecule has 2 aromatic carbocycles. The van der Waals surface area contributed by atoms with E-state index in [4.69, 9.17) is 9.84 Å². The second-order valence-corrected chi connectivity index (χ2v) is 3.24. The molecule has 2 nitrogen and oxygen atoms in total. The molecule has 0 spiro atoms. The number of hydrogen-bond donors (Lipinski definition) is 1. The summed E-state index contributed by atoms with van der Waals surface area (Å²) in [6, 6.07) is 14.1. The molecule has 0 amide bonds. The Balaban J connectivity index is 2.18. The maximum absolute atomic E-state index is 9.10. The molecule has 0 bridgehead atoms. The lowest BCUT2D eigenvalue weighted by molar-refractivity contribution is 0.464. The molecule has 0 aliphatic heterocycles. The Morgan fingerprint density at radius 1 is 0.933 bits per heavy atom. The molecule has 0 saturated heterocycles. The first-order valence-corrected chi connectivity index (χ1v) is 4.63. The zero-order chi connectivity index (χ0) is 10.7. The number of rotatable bonds is 2. The summed E-state index contributed by atoms with van der Waals surface area (Å²) in [5, 5.41) is 9.10. The highest BCUT2D eigenvalue weighted by molar-refractivity contribution is 5.36. The van der Waals surface area contributed by atoms with Gasteiger partial charge < -0.3 is 9.84 Å². The fraction of sp³-hybridized carbons (Fsp3) is 0. The first kappa shape index (κ1) is 9.59. The van der Waals surface area contributed by atoms with Crippen molar-refractivity contribution in [2.75, 3.05) is 0 Å². The van der Waals surface area contributed by atoms with E-state index in [-0.39, 0.29) is 5.75 Å². The highest BCUT2D eigenvalue weighted by atomic mass is 16.5. The average Bonchev–Trinajstić information content (AvgIpc) is 2.22. The summed E-state index contributed by atoms with van der Waals surface area (Å²) in [6.45, 7) is 3.82. The van der Waals surface area contributed by atoms with Gasteiger partial charge in [-0.2, -0.15) is 0 Å². The van der Waals surface area contributed by atoms with Crippen molar-refractivity contribution < 1.29 is 9.84 Å². The molecule has 2 heteroatoms. The molecular formula is C13H11O2. The van der Waals surface area contributed by atoms with Crippen LogP contribution >= 0.6 is 0 Å². The van der Waals surface area contributed by atoms with Crippen LogP contribution in [0.4, 0.5) is 0 Å². The number of benzene rings is 2. The van der Waals surface area contributed by atoms with Crippen LogP contribution in [0.15, 0.2) is 48.5 Å². The molecule has 1 N–H and O–H groups in total. The van der Waals surface area contributed by atoms with Crippen molar-refractivity contribution in [2.45, 2.75) is 0 Å².